The lowest BCUT2D eigenvalue weighted by atomic mass is 10.1. The Balaban J connectivity index is 2.02. The molecule has 0 unspecified atom stereocenters. The Hall–Kier alpha value is -1.00. The molecule has 1 fully saturated rings. The lowest BCUT2D eigenvalue weighted by molar-refractivity contribution is 0.111. The van der Waals surface area contributed by atoms with Crippen molar-refractivity contribution in [3.8, 4) is 0 Å². The summed E-state index contributed by atoms with van der Waals surface area (Å²) < 4.78 is 18.5. The first-order chi connectivity index (χ1) is 7.66. The Morgan fingerprint density at radius 1 is 1.50 bits per heavy atom. The van der Waals surface area contributed by atoms with Crippen LogP contribution in [-0.2, 0) is 11.3 Å². The SMILES string of the molecule is NC(=S)c1cc(F)ccc1COCC1CC1. The first kappa shape index (κ1) is 11.5. The zero-order valence-corrected chi connectivity index (χ0v) is 9.73. The van der Waals surface area contributed by atoms with Crippen molar-refractivity contribution in [2.24, 2.45) is 11.7 Å². The van der Waals surface area contributed by atoms with Crippen molar-refractivity contribution in [2.45, 2.75) is 19.4 Å². The summed E-state index contributed by atoms with van der Waals surface area (Å²) in [5.41, 5.74) is 6.97. The van der Waals surface area contributed by atoms with Crippen molar-refractivity contribution in [3.63, 3.8) is 0 Å². The largest absolute Gasteiger partial charge is 0.389 e. The molecule has 2 N–H and O–H groups in total. The minimum Gasteiger partial charge on any atom is -0.389 e. The third kappa shape index (κ3) is 3.00. The van der Waals surface area contributed by atoms with Gasteiger partial charge in [-0.1, -0.05) is 18.3 Å². The van der Waals surface area contributed by atoms with Gasteiger partial charge in [0.05, 0.1) is 6.61 Å². The fourth-order valence-corrected chi connectivity index (χ4v) is 1.71. The summed E-state index contributed by atoms with van der Waals surface area (Å²) in [6, 6.07) is 4.44. The highest BCUT2D eigenvalue weighted by molar-refractivity contribution is 7.80. The van der Waals surface area contributed by atoms with Crippen molar-refractivity contribution in [1.82, 2.24) is 0 Å². The first-order valence-corrected chi connectivity index (χ1v) is 5.73. The summed E-state index contributed by atoms with van der Waals surface area (Å²) in [4.78, 5) is 0.213. The molecule has 4 heteroatoms. The van der Waals surface area contributed by atoms with Crippen molar-refractivity contribution < 1.29 is 9.13 Å². The highest BCUT2D eigenvalue weighted by atomic mass is 32.1. The molecule has 1 aliphatic carbocycles. The summed E-state index contributed by atoms with van der Waals surface area (Å²) in [7, 11) is 0. The molecule has 86 valence electrons. The smallest absolute Gasteiger partial charge is 0.123 e. The van der Waals surface area contributed by atoms with Crippen LogP contribution in [0.25, 0.3) is 0 Å². The molecule has 0 radical (unpaired) electrons. The molecule has 0 bridgehead atoms. The number of nitrogens with two attached hydrogens (primary N) is 1. The van der Waals surface area contributed by atoms with Gasteiger partial charge in [-0.25, -0.2) is 4.39 Å². The second kappa shape index (κ2) is 4.89. The predicted molar refractivity (Wildman–Crippen MR) is 64.7 cm³/mol. The van der Waals surface area contributed by atoms with E-state index in [4.69, 9.17) is 22.7 Å². The van der Waals surface area contributed by atoms with E-state index in [1.807, 2.05) is 0 Å². The second-order valence-corrected chi connectivity index (χ2v) is 4.56. The standard InChI is InChI=1S/C12H14FNOS/c13-10-4-3-9(11(5-10)12(14)16)7-15-6-8-1-2-8/h3-5,8H,1-2,6-7H2,(H2,14,16). The maximum Gasteiger partial charge on any atom is 0.123 e. The fourth-order valence-electron chi connectivity index (χ4n) is 1.52. The third-order valence-electron chi connectivity index (χ3n) is 2.65. The molecule has 0 spiro atoms. The van der Waals surface area contributed by atoms with E-state index in [1.54, 1.807) is 6.07 Å². The van der Waals surface area contributed by atoms with Gasteiger partial charge in [-0.15, -0.1) is 0 Å². The molecule has 16 heavy (non-hydrogen) atoms. The Labute approximate surface area is 99.6 Å². The van der Waals surface area contributed by atoms with Crippen molar-refractivity contribution in [3.05, 3.63) is 35.1 Å². The Bertz CT molecular complexity index is 404. The molecule has 1 aliphatic rings. The van der Waals surface area contributed by atoms with E-state index < -0.39 is 0 Å². The van der Waals surface area contributed by atoms with Gasteiger partial charge in [-0.2, -0.15) is 0 Å². The molecule has 2 rings (SSSR count). The summed E-state index contributed by atoms with van der Waals surface area (Å²) >= 11 is 4.88. The van der Waals surface area contributed by atoms with Gasteiger partial charge in [0.1, 0.15) is 10.8 Å². The lowest BCUT2D eigenvalue weighted by Crippen LogP contribution is -2.13. The van der Waals surface area contributed by atoms with E-state index in [1.165, 1.54) is 25.0 Å². The van der Waals surface area contributed by atoms with E-state index >= 15 is 0 Å². The maximum absolute atomic E-state index is 13.0. The van der Waals surface area contributed by atoms with Crippen molar-refractivity contribution >= 4 is 17.2 Å². The van der Waals surface area contributed by atoms with Gasteiger partial charge in [-0.3, -0.25) is 0 Å². The Morgan fingerprint density at radius 2 is 2.25 bits per heavy atom. The zero-order valence-electron chi connectivity index (χ0n) is 8.91. The molecule has 0 aromatic heterocycles. The van der Waals surface area contributed by atoms with Crippen LogP contribution in [-0.4, -0.2) is 11.6 Å². The summed E-state index contributed by atoms with van der Waals surface area (Å²) in [5.74, 6) is 0.391. The number of hydrogen-bond donors (Lipinski definition) is 1. The number of rotatable bonds is 5. The Morgan fingerprint density at radius 3 is 2.88 bits per heavy atom. The van der Waals surface area contributed by atoms with Gasteiger partial charge in [0.25, 0.3) is 0 Å². The second-order valence-electron chi connectivity index (χ2n) is 4.12. The van der Waals surface area contributed by atoms with Crippen LogP contribution in [0.4, 0.5) is 4.39 Å². The van der Waals surface area contributed by atoms with Gasteiger partial charge in [0.2, 0.25) is 0 Å². The van der Waals surface area contributed by atoms with Gasteiger partial charge in [0.15, 0.2) is 0 Å². The van der Waals surface area contributed by atoms with E-state index in [-0.39, 0.29) is 10.8 Å². The van der Waals surface area contributed by atoms with Gasteiger partial charge >= 0.3 is 0 Å². The quantitative estimate of drug-likeness (QED) is 0.801. The molecule has 1 aromatic rings. The van der Waals surface area contributed by atoms with Crippen LogP contribution in [0.3, 0.4) is 0 Å². The molecule has 0 amide bonds. The number of hydrogen-bond acceptors (Lipinski definition) is 2. The van der Waals surface area contributed by atoms with Gasteiger partial charge < -0.3 is 10.5 Å². The van der Waals surface area contributed by atoms with Crippen LogP contribution in [0.15, 0.2) is 18.2 Å². The average Bonchev–Trinajstić information content (AvgIpc) is 3.04. The Kier molecular flexibility index (Phi) is 3.51. The number of ether oxygens (including phenoxy) is 1. The van der Waals surface area contributed by atoms with Gasteiger partial charge in [0, 0.05) is 12.2 Å². The molecule has 1 aromatic carbocycles. The topological polar surface area (TPSA) is 35.2 Å². The van der Waals surface area contributed by atoms with Crippen molar-refractivity contribution in [2.75, 3.05) is 6.61 Å². The lowest BCUT2D eigenvalue weighted by Gasteiger charge is -2.09. The summed E-state index contributed by atoms with van der Waals surface area (Å²) in [5, 5.41) is 0. The monoisotopic (exact) mass is 239 g/mol. The molecule has 2 nitrogen and oxygen atoms in total. The molecule has 1 saturated carbocycles. The minimum absolute atomic E-state index is 0.213. The van der Waals surface area contributed by atoms with Crippen LogP contribution in [0.5, 0.6) is 0 Å². The van der Waals surface area contributed by atoms with Crippen LogP contribution >= 0.6 is 12.2 Å². The minimum atomic E-state index is -0.325. The number of halogens is 1. The van der Waals surface area contributed by atoms with Gasteiger partial charge in [-0.05, 0) is 36.5 Å². The predicted octanol–water partition coefficient (Wildman–Crippen LogP) is 2.39. The van der Waals surface area contributed by atoms with E-state index in [0.717, 1.165) is 12.2 Å². The zero-order chi connectivity index (χ0) is 11.5. The molecule has 0 aliphatic heterocycles. The number of benzene rings is 1. The highest BCUT2D eigenvalue weighted by Crippen LogP contribution is 2.29. The average molecular weight is 239 g/mol. The molecule has 0 atom stereocenters. The normalized spacial score (nSPS) is 15.1. The first-order valence-electron chi connectivity index (χ1n) is 5.33. The fraction of sp³-hybridized carbons (Fsp3) is 0.417. The van der Waals surface area contributed by atoms with Crippen LogP contribution in [0.1, 0.15) is 24.0 Å². The summed E-state index contributed by atoms with van der Waals surface area (Å²) in [6.07, 6.45) is 2.51. The number of thiocarbonyl (C=S) groups is 1. The highest BCUT2D eigenvalue weighted by Gasteiger charge is 2.21. The van der Waals surface area contributed by atoms with E-state index in [0.29, 0.717) is 18.1 Å². The molecule has 0 heterocycles. The maximum atomic E-state index is 13.0. The van der Waals surface area contributed by atoms with Crippen LogP contribution < -0.4 is 5.73 Å². The van der Waals surface area contributed by atoms with Crippen LogP contribution in [0.2, 0.25) is 0 Å². The molecule has 0 saturated heterocycles. The van der Waals surface area contributed by atoms with Crippen LogP contribution in [0, 0.1) is 11.7 Å². The van der Waals surface area contributed by atoms with E-state index in [9.17, 15) is 4.39 Å². The van der Waals surface area contributed by atoms with E-state index in [2.05, 4.69) is 0 Å². The molecular weight excluding hydrogens is 225 g/mol. The molecular formula is C12H14FNOS. The van der Waals surface area contributed by atoms with Crippen molar-refractivity contribution in [1.29, 1.82) is 0 Å². The third-order valence-corrected chi connectivity index (χ3v) is 2.87. The summed E-state index contributed by atoms with van der Waals surface area (Å²) in [6.45, 7) is 1.22.